The predicted octanol–water partition coefficient (Wildman–Crippen LogP) is 0.681. The number of carboxylic acids is 1. The monoisotopic (exact) mass is 334 g/mol. The number of hydrogen-bond acceptors (Lipinski definition) is 5. The Morgan fingerprint density at radius 3 is 2.75 bits per heavy atom. The molecule has 1 atom stereocenters. The molecule has 1 unspecified atom stereocenters. The van der Waals surface area contributed by atoms with Crippen molar-refractivity contribution in [2.75, 3.05) is 13.3 Å². The molecule has 3 N–H and O–H groups in total. The average molecular weight is 334 g/mol. The van der Waals surface area contributed by atoms with E-state index in [0.717, 1.165) is 0 Å². The van der Waals surface area contributed by atoms with Gasteiger partial charge in [0.1, 0.15) is 6.04 Å². The van der Waals surface area contributed by atoms with E-state index in [0.29, 0.717) is 17.1 Å². The van der Waals surface area contributed by atoms with E-state index < -0.39 is 23.8 Å². The summed E-state index contributed by atoms with van der Waals surface area (Å²) in [5, 5.41) is 13.8. The molecule has 0 aliphatic carbocycles. The topological polar surface area (TPSA) is 114 Å². The van der Waals surface area contributed by atoms with Gasteiger partial charge in [-0.25, -0.2) is 4.79 Å². The van der Waals surface area contributed by atoms with Gasteiger partial charge in [0.25, 0.3) is 5.91 Å². The zero-order valence-corrected chi connectivity index (χ0v) is 13.1. The van der Waals surface area contributed by atoms with Crippen LogP contribution >= 0.6 is 0 Å². The fourth-order valence-corrected chi connectivity index (χ4v) is 2.04. The number of ether oxygens (including phenoxy) is 2. The maximum Gasteiger partial charge on any atom is 0.326 e. The fraction of sp³-hybridized carbons (Fsp3) is 0.312. The minimum atomic E-state index is -1.14. The van der Waals surface area contributed by atoms with Crippen molar-refractivity contribution in [3.05, 3.63) is 35.9 Å². The van der Waals surface area contributed by atoms with Gasteiger partial charge in [0.05, 0.1) is 6.54 Å². The molecule has 128 valence electrons. The van der Waals surface area contributed by atoms with Crippen LogP contribution in [0.4, 0.5) is 0 Å². The van der Waals surface area contributed by atoms with Gasteiger partial charge in [0, 0.05) is 5.56 Å². The molecule has 1 aromatic rings. The molecule has 1 heterocycles. The van der Waals surface area contributed by atoms with Gasteiger partial charge in [-0.15, -0.1) is 0 Å². The first-order valence-electron chi connectivity index (χ1n) is 7.32. The maximum absolute atomic E-state index is 12.0. The molecule has 24 heavy (non-hydrogen) atoms. The molecule has 0 spiro atoms. The molecule has 1 aliphatic rings. The molecule has 0 saturated carbocycles. The molecule has 1 aromatic carbocycles. The molecular weight excluding hydrogens is 316 g/mol. The van der Waals surface area contributed by atoms with Crippen molar-refractivity contribution in [1.29, 1.82) is 0 Å². The van der Waals surface area contributed by atoms with Gasteiger partial charge >= 0.3 is 5.97 Å². The lowest BCUT2D eigenvalue weighted by Gasteiger charge is -2.13. The van der Waals surface area contributed by atoms with Crippen LogP contribution in [0.3, 0.4) is 0 Å². The first-order chi connectivity index (χ1) is 11.5. The summed E-state index contributed by atoms with van der Waals surface area (Å²) in [5.41, 5.74) is 0.316. The smallest absolute Gasteiger partial charge is 0.326 e. The Labute approximate surface area is 138 Å². The number of hydrogen-bond donors (Lipinski definition) is 3. The second kappa shape index (κ2) is 8.00. The Bertz CT molecular complexity index is 671. The van der Waals surface area contributed by atoms with Gasteiger partial charge in [0.15, 0.2) is 11.5 Å². The summed E-state index contributed by atoms with van der Waals surface area (Å²) < 4.78 is 10.3. The number of carboxylic acid groups (broad SMARTS) is 1. The summed E-state index contributed by atoms with van der Waals surface area (Å²) in [6.07, 6.45) is 3.52. The lowest BCUT2D eigenvalue weighted by molar-refractivity contribution is -0.141. The third-order valence-electron chi connectivity index (χ3n) is 3.29. The number of benzene rings is 1. The standard InChI is InChI=1S/C16H18N2O6/c1-2-3-4-11(16(21)22)18-14(19)8-17-15(20)10-5-6-12-13(7-10)24-9-23-12/h2-3,5-7,11H,4,8-9H2,1H3,(H,17,20)(H,18,19)(H,21,22)/b3-2+. The van der Waals surface area contributed by atoms with Crippen LogP contribution < -0.4 is 20.1 Å². The molecule has 0 saturated heterocycles. The summed E-state index contributed by atoms with van der Waals surface area (Å²) in [5.74, 6) is -1.17. The van der Waals surface area contributed by atoms with Gasteiger partial charge in [0.2, 0.25) is 12.7 Å². The van der Waals surface area contributed by atoms with Crippen molar-refractivity contribution in [2.24, 2.45) is 0 Å². The molecule has 2 rings (SSSR count). The molecule has 2 amide bonds. The molecule has 8 nitrogen and oxygen atoms in total. The highest BCUT2D eigenvalue weighted by molar-refractivity contribution is 5.97. The highest BCUT2D eigenvalue weighted by atomic mass is 16.7. The Hall–Kier alpha value is -3.03. The number of nitrogens with one attached hydrogen (secondary N) is 2. The molecule has 0 bridgehead atoms. The highest BCUT2D eigenvalue weighted by Gasteiger charge is 2.20. The molecule has 0 fully saturated rings. The minimum absolute atomic E-state index is 0.103. The number of aliphatic carboxylic acids is 1. The van der Waals surface area contributed by atoms with Crippen molar-refractivity contribution in [3.63, 3.8) is 0 Å². The first-order valence-corrected chi connectivity index (χ1v) is 7.32. The van der Waals surface area contributed by atoms with E-state index >= 15 is 0 Å². The summed E-state index contributed by atoms with van der Waals surface area (Å²) >= 11 is 0. The molecule has 0 aromatic heterocycles. The van der Waals surface area contributed by atoms with Gasteiger partial charge in [-0.1, -0.05) is 12.2 Å². The van der Waals surface area contributed by atoms with E-state index in [1.54, 1.807) is 31.2 Å². The second-order valence-corrected chi connectivity index (χ2v) is 5.01. The summed E-state index contributed by atoms with van der Waals surface area (Å²) in [4.78, 5) is 34.9. The Morgan fingerprint density at radius 2 is 2.04 bits per heavy atom. The zero-order valence-electron chi connectivity index (χ0n) is 13.1. The Morgan fingerprint density at radius 1 is 1.29 bits per heavy atom. The van der Waals surface area contributed by atoms with Crippen LogP contribution in [0.25, 0.3) is 0 Å². The van der Waals surface area contributed by atoms with Crippen LogP contribution in [-0.2, 0) is 9.59 Å². The average Bonchev–Trinajstić information content (AvgIpc) is 3.03. The molecule has 0 radical (unpaired) electrons. The number of carbonyl (C=O) groups is 3. The quantitative estimate of drug-likeness (QED) is 0.632. The van der Waals surface area contributed by atoms with Crippen LogP contribution in [0, 0.1) is 0 Å². The number of rotatable bonds is 7. The van der Waals surface area contributed by atoms with Gasteiger partial charge in [-0.05, 0) is 31.5 Å². The third kappa shape index (κ3) is 4.48. The van der Waals surface area contributed by atoms with E-state index in [2.05, 4.69) is 10.6 Å². The van der Waals surface area contributed by atoms with Crippen LogP contribution in [-0.4, -0.2) is 42.3 Å². The lowest BCUT2D eigenvalue weighted by atomic mass is 10.2. The second-order valence-electron chi connectivity index (χ2n) is 5.01. The van der Waals surface area contributed by atoms with Crippen molar-refractivity contribution in [1.82, 2.24) is 10.6 Å². The summed E-state index contributed by atoms with van der Waals surface area (Å²) in [6.45, 7) is 1.53. The van der Waals surface area contributed by atoms with Crippen LogP contribution in [0.2, 0.25) is 0 Å². The molecular formula is C16H18N2O6. The minimum Gasteiger partial charge on any atom is -0.480 e. The number of amides is 2. The van der Waals surface area contributed by atoms with Crippen molar-refractivity contribution < 1.29 is 29.0 Å². The zero-order chi connectivity index (χ0) is 17.5. The highest BCUT2D eigenvalue weighted by Crippen LogP contribution is 2.32. The van der Waals surface area contributed by atoms with Crippen molar-refractivity contribution >= 4 is 17.8 Å². The number of allylic oxidation sites excluding steroid dienone is 1. The summed E-state index contributed by atoms with van der Waals surface area (Å²) in [7, 11) is 0. The fourth-order valence-electron chi connectivity index (χ4n) is 2.04. The van der Waals surface area contributed by atoms with Crippen LogP contribution in [0.1, 0.15) is 23.7 Å². The van der Waals surface area contributed by atoms with E-state index in [9.17, 15) is 14.4 Å². The van der Waals surface area contributed by atoms with E-state index in [-0.39, 0.29) is 19.8 Å². The maximum atomic E-state index is 12.0. The van der Waals surface area contributed by atoms with Gasteiger partial charge in [-0.2, -0.15) is 0 Å². The Kier molecular flexibility index (Phi) is 5.78. The number of carbonyl (C=O) groups excluding carboxylic acids is 2. The van der Waals surface area contributed by atoms with E-state index in [4.69, 9.17) is 14.6 Å². The van der Waals surface area contributed by atoms with Crippen molar-refractivity contribution in [2.45, 2.75) is 19.4 Å². The van der Waals surface area contributed by atoms with Crippen LogP contribution in [0.5, 0.6) is 11.5 Å². The van der Waals surface area contributed by atoms with Gasteiger partial charge in [-0.3, -0.25) is 9.59 Å². The SMILES string of the molecule is C/C=C/CC(NC(=O)CNC(=O)c1ccc2c(c1)OCO2)C(=O)O. The van der Waals surface area contributed by atoms with Crippen molar-refractivity contribution in [3.8, 4) is 11.5 Å². The summed E-state index contributed by atoms with van der Waals surface area (Å²) in [6, 6.07) is 3.64. The van der Waals surface area contributed by atoms with Crippen LogP contribution in [0.15, 0.2) is 30.4 Å². The van der Waals surface area contributed by atoms with E-state index in [1.165, 1.54) is 6.07 Å². The molecule has 8 heteroatoms. The molecule has 1 aliphatic heterocycles. The largest absolute Gasteiger partial charge is 0.480 e. The predicted molar refractivity (Wildman–Crippen MR) is 83.9 cm³/mol. The third-order valence-corrected chi connectivity index (χ3v) is 3.29. The number of fused-ring (bicyclic) bond motifs is 1. The first kappa shape index (κ1) is 17.3. The normalized spacial score (nSPS) is 13.5. The Balaban J connectivity index is 1.86. The lowest BCUT2D eigenvalue weighted by Crippen LogP contribution is -2.45. The van der Waals surface area contributed by atoms with E-state index in [1.807, 2.05) is 0 Å². The van der Waals surface area contributed by atoms with Gasteiger partial charge < -0.3 is 25.2 Å².